The van der Waals surface area contributed by atoms with Crippen LogP contribution in [0.1, 0.15) is 17.3 Å². The number of hydrogen-bond donors (Lipinski definition) is 1. The number of carbonyl (C=O) groups is 2. The number of nitrogens with one attached hydrogen (secondary N) is 1. The normalized spacial score (nSPS) is 11.6. The minimum atomic E-state index is -0.478. The number of thiazole rings is 1. The van der Waals surface area contributed by atoms with Crippen LogP contribution >= 0.6 is 34.5 Å². The molecule has 1 aromatic heterocycles. The van der Waals surface area contributed by atoms with E-state index in [0.29, 0.717) is 22.1 Å². The van der Waals surface area contributed by atoms with E-state index in [-0.39, 0.29) is 16.5 Å². The molecule has 0 aliphatic heterocycles. The summed E-state index contributed by atoms with van der Waals surface area (Å²) in [5.41, 5.74) is 1.81. The molecule has 0 bridgehead atoms. The first-order valence-corrected chi connectivity index (χ1v) is 9.52. The van der Waals surface area contributed by atoms with E-state index in [0.717, 1.165) is 10.2 Å². The summed E-state index contributed by atoms with van der Waals surface area (Å²) >= 11 is 13.4. The lowest BCUT2D eigenvalue weighted by molar-refractivity contribution is -0.114. The summed E-state index contributed by atoms with van der Waals surface area (Å²) < 4.78 is 2.76. The average Bonchev–Trinajstić information content (AvgIpc) is 2.93. The lowest BCUT2D eigenvalue weighted by Gasteiger charge is -2.04. The van der Waals surface area contributed by atoms with E-state index < -0.39 is 5.91 Å². The summed E-state index contributed by atoms with van der Waals surface area (Å²) in [6.07, 6.45) is 1.73. The van der Waals surface area contributed by atoms with Crippen molar-refractivity contribution in [3.63, 3.8) is 0 Å². The molecule has 0 saturated heterocycles. The summed E-state index contributed by atoms with van der Waals surface area (Å²) in [5.74, 6) is -0.630. The van der Waals surface area contributed by atoms with E-state index in [2.05, 4.69) is 16.9 Å². The molecule has 1 heterocycles. The first-order chi connectivity index (χ1) is 12.9. The molecule has 0 aliphatic rings. The standard InChI is InChI=1S/C19H15Cl2N3O2S/c1-3-8-24-16-7-5-13(22-11(2)25)10-17(16)27-19(24)23-18(26)14-9-12(20)4-6-15(14)21/h3-7,9-10H,1,8H2,2H3,(H,22,25). The number of nitrogens with zero attached hydrogens (tertiary/aromatic N) is 2. The largest absolute Gasteiger partial charge is 0.326 e. The van der Waals surface area contributed by atoms with Crippen molar-refractivity contribution in [3.8, 4) is 0 Å². The smallest absolute Gasteiger partial charge is 0.281 e. The molecule has 0 aliphatic carbocycles. The Balaban J connectivity index is 2.14. The Bertz CT molecular complexity index is 1130. The first-order valence-electron chi connectivity index (χ1n) is 7.95. The van der Waals surface area contributed by atoms with Gasteiger partial charge in [0, 0.05) is 24.2 Å². The Morgan fingerprint density at radius 3 is 2.74 bits per heavy atom. The van der Waals surface area contributed by atoms with Gasteiger partial charge in [-0.2, -0.15) is 4.99 Å². The lowest BCUT2D eigenvalue weighted by Crippen LogP contribution is -2.16. The highest BCUT2D eigenvalue weighted by Crippen LogP contribution is 2.24. The van der Waals surface area contributed by atoms with Crippen LogP contribution in [0.3, 0.4) is 0 Å². The van der Waals surface area contributed by atoms with Gasteiger partial charge >= 0.3 is 0 Å². The minimum Gasteiger partial charge on any atom is -0.326 e. The van der Waals surface area contributed by atoms with Crippen molar-refractivity contribution in [2.24, 2.45) is 4.99 Å². The van der Waals surface area contributed by atoms with E-state index in [9.17, 15) is 9.59 Å². The molecule has 138 valence electrons. The summed E-state index contributed by atoms with van der Waals surface area (Å²) in [5, 5.41) is 3.45. The van der Waals surface area contributed by atoms with Crippen LogP contribution in [0.5, 0.6) is 0 Å². The Morgan fingerprint density at radius 2 is 2.04 bits per heavy atom. The summed E-state index contributed by atoms with van der Waals surface area (Å²) in [7, 11) is 0. The molecule has 0 radical (unpaired) electrons. The molecule has 8 heteroatoms. The molecule has 5 nitrogen and oxygen atoms in total. The van der Waals surface area contributed by atoms with Crippen LogP contribution in [-0.2, 0) is 11.3 Å². The van der Waals surface area contributed by atoms with Gasteiger partial charge in [0.15, 0.2) is 4.80 Å². The molecule has 2 aromatic carbocycles. The van der Waals surface area contributed by atoms with Gasteiger partial charge in [-0.15, -0.1) is 6.58 Å². The Morgan fingerprint density at radius 1 is 1.26 bits per heavy atom. The Hall–Kier alpha value is -2.41. The molecule has 0 fully saturated rings. The number of halogens is 2. The Labute approximate surface area is 169 Å². The van der Waals surface area contributed by atoms with E-state index in [1.807, 2.05) is 16.7 Å². The van der Waals surface area contributed by atoms with Gasteiger partial charge in [0.2, 0.25) is 5.91 Å². The third-order valence-electron chi connectivity index (χ3n) is 3.67. The van der Waals surface area contributed by atoms with E-state index in [1.165, 1.54) is 24.3 Å². The minimum absolute atomic E-state index is 0.152. The van der Waals surface area contributed by atoms with Crippen LogP contribution in [0.2, 0.25) is 10.0 Å². The van der Waals surface area contributed by atoms with Crippen molar-refractivity contribution in [1.82, 2.24) is 4.57 Å². The van der Waals surface area contributed by atoms with E-state index >= 15 is 0 Å². The van der Waals surface area contributed by atoms with Crippen LogP contribution < -0.4 is 10.1 Å². The zero-order valence-electron chi connectivity index (χ0n) is 14.3. The molecule has 0 saturated carbocycles. The first kappa shape index (κ1) is 19.4. The number of fused-ring (bicyclic) bond motifs is 1. The third-order valence-corrected chi connectivity index (χ3v) is 5.28. The average molecular weight is 420 g/mol. The molecule has 27 heavy (non-hydrogen) atoms. The molecular formula is C19H15Cl2N3O2S. The fourth-order valence-electron chi connectivity index (χ4n) is 2.55. The van der Waals surface area contributed by atoms with Gasteiger partial charge in [0.25, 0.3) is 5.91 Å². The molecule has 3 aromatic rings. The quantitative estimate of drug-likeness (QED) is 0.611. The van der Waals surface area contributed by atoms with Crippen LogP contribution in [0, 0.1) is 0 Å². The third kappa shape index (κ3) is 4.30. The number of aromatic nitrogens is 1. The number of carbonyl (C=O) groups excluding carboxylic acids is 2. The number of allylic oxidation sites excluding steroid dienone is 1. The molecule has 0 unspecified atom stereocenters. The van der Waals surface area contributed by atoms with Gasteiger partial charge in [-0.05, 0) is 36.4 Å². The van der Waals surface area contributed by atoms with Crippen LogP contribution in [0.25, 0.3) is 10.2 Å². The zero-order chi connectivity index (χ0) is 19.6. The molecule has 0 spiro atoms. The van der Waals surface area contributed by atoms with Crippen molar-refractivity contribution in [2.45, 2.75) is 13.5 Å². The summed E-state index contributed by atoms with van der Waals surface area (Å²) in [6.45, 7) is 5.70. The van der Waals surface area contributed by atoms with Crippen molar-refractivity contribution in [2.75, 3.05) is 5.32 Å². The van der Waals surface area contributed by atoms with Gasteiger partial charge in [-0.1, -0.05) is 40.6 Å². The number of hydrogen-bond acceptors (Lipinski definition) is 3. The van der Waals surface area contributed by atoms with Gasteiger partial charge in [0.1, 0.15) is 0 Å². The van der Waals surface area contributed by atoms with Crippen molar-refractivity contribution in [3.05, 3.63) is 69.5 Å². The number of rotatable bonds is 4. The maximum atomic E-state index is 12.6. The predicted molar refractivity (Wildman–Crippen MR) is 111 cm³/mol. The van der Waals surface area contributed by atoms with Crippen molar-refractivity contribution >= 4 is 62.3 Å². The molecular weight excluding hydrogens is 405 g/mol. The monoisotopic (exact) mass is 419 g/mol. The van der Waals surface area contributed by atoms with Crippen molar-refractivity contribution in [1.29, 1.82) is 0 Å². The van der Waals surface area contributed by atoms with Gasteiger partial charge in [-0.25, -0.2) is 0 Å². The molecule has 0 atom stereocenters. The van der Waals surface area contributed by atoms with Crippen molar-refractivity contribution < 1.29 is 9.59 Å². The maximum Gasteiger partial charge on any atom is 0.281 e. The maximum absolute atomic E-state index is 12.6. The topological polar surface area (TPSA) is 63.5 Å². The number of benzene rings is 2. The second-order valence-electron chi connectivity index (χ2n) is 5.69. The molecule has 3 rings (SSSR count). The van der Waals surface area contributed by atoms with E-state index in [4.69, 9.17) is 23.2 Å². The molecule has 1 N–H and O–H groups in total. The summed E-state index contributed by atoms with van der Waals surface area (Å²) in [4.78, 5) is 28.7. The summed E-state index contributed by atoms with van der Waals surface area (Å²) in [6, 6.07) is 10.2. The highest BCUT2D eigenvalue weighted by atomic mass is 35.5. The van der Waals surface area contributed by atoms with Crippen LogP contribution in [0.15, 0.2) is 54.0 Å². The zero-order valence-corrected chi connectivity index (χ0v) is 16.7. The fourth-order valence-corrected chi connectivity index (χ4v) is 4.00. The SMILES string of the molecule is C=CCn1c(=NC(=O)c2cc(Cl)ccc2Cl)sc2cc(NC(C)=O)ccc21. The van der Waals surface area contributed by atoms with E-state index in [1.54, 1.807) is 24.3 Å². The van der Waals surface area contributed by atoms with Gasteiger partial charge < -0.3 is 9.88 Å². The van der Waals surface area contributed by atoms with Crippen LogP contribution in [-0.4, -0.2) is 16.4 Å². The molecule has 2 amide bonds. The number of amides is 2. The Kier molecular flexibility index (Phi) is 5.79. The fraction of sp³-hybridized carbons (Fsp3) is 0.105. The second kappa shape index (κ2) is 8.08. The van der Waals surface area contributed by atoms with Gasteiger partial charge in [0.05, 0.1) is 20.8 Å². The lowest BCUT2D eigenvalue weighted by atomic mass is 10.2. The highest BCUT2D eigenvalue weighted by Gasteiger charge is 2.13. The second-order valence-corrected chi connectivity index (χ2v) is 7.54. The highest BCUT2D eigenvalue weighted by molar-refractivity contribution is 7.16. The number of anilines is 1. The van der Waals surface area contributed by atoms with Crippen LogP contribution in [0.4, 0.5) is 5.69 Å². The van der Waals surface area contributed by atoms with Gasteiger partial charge in [-0.3, -0.25) is 9.59 Å². The predicted octanol–water partition coefficient (Wildman–Crippen LogP) is 4.90.